The maximum Gasteiger partial charge on any atom is 0.128 e. The summed E-state index contributed by atoms with van der Waals surface area (Å²) in [5.74, 6) is 1.16. The topological polar surface area (TPSA) is 34.0 Å². The zero-order valence-electron chi connectivity index (χ0n) is 13.5. The Hall–Kier alpha value is -1.84. The zero-order valence-corrected chi connectivity index (χ0v) is 13.5. The fourth-order valence-electron chi connectivity index (χ4n) is 3.42. The van der Waals surface area contributed by atoms with Gasteiger partial charge in [0.05, 0.1) is 12.2 Å². The van der Waals surface area contributed by atoms with Crippen LogP contribution in [0.25, 0.3) is 0 Å². The van der Waals surface area contributed by atoms with Crippen molar-refractivity contribution in [1.29, 1.82) is 0 Å². The van der Waals surface area contributed by atoms with Crippen molar-refractivity contribution >= 4 is 5.82 Å². The summed E-state index contributed by atoms with van der Waals surface area (Å²) >= 11 is 0. The molecule has 0 atom stereocenters. The molecule has 3 heterocycles. The van der Waals surface area contributed by atoms with Crippen LogP contribution in [-0.4, -0.2) is 27.9 Å². The molecule has 2 aliphatic rings. The molecule has 0 radical (unpaired) electrons. The van der Waals surface area contributed by atoms with Gasteiger partial charge in [-0.3, -0.25) is 4.68 Å². The quantitative estimate of drug-likeness (QED) is 0.850. The van der Waals surface area contributed by atoms with Gasteiger partial charge in [-0.05, 0) is 43.4 Å². The molecule has 1 saturated carbocycles. The molecule has 1 spiro atoms. The molecule has 1 aliphatic carbocycles. The van der Waals surface area contributed by atoms with E-state index in [-0.39, 0.29) is 0 Å². The number of aryl methyl sites for hydroxylation is 2. The van der Waals surface area contributed by atoms with Crippen LogP contribution >= 0.6 is 0 Å². The Labute approximate surface area is 132 Å². The first-order valence-electron chi connectivity index (χ1n) is 8.47. The molecule has 0 bridgehead atoms. The summed E-state index contributed by atoms with van der Waals surface area (Å²) in [6.07, 6.45) is 6.87. The first kappa shape index (κ1) is 13.8. The van der Waals surface area contributed by atoms with Gasteiger partial charge < -0.3 is 4.90 Å². The summed E-state index contributed by atoms with van der Waals surface area (Å²) in [6.45, 7) is 7.57. The Balaban J connectivity index is 1.52. The minimum atomic E-state index is 0.679. The predicted octanol–water partition coefficient (Wildman–Crippen LogP) is 3.05. The first-order valence-corrected chi connectivity index (χ1v) is 8.47. The van der Waals surface area contributed by atoms with E-state index in [0.717, 1.165) is 30.9 Å². The van der Waals surface area contributed by atoms with Gasteiger partial charge in [-0.25, -0.2) is 4.98 Å². The highest BCUT2D eigenvalue weighted by Gasteiger charge is 2.52. The molecule has 1 saturated heterocycles. The summed E-state index contributed by atoms with van der Waals surface area (Å²) in [5, 5.41) is 4.59. The van der Waals surface area contributed by atoms with Crippen molar-refractivity contribution < 1.29 is 0 Å². The normalized spacial score (nSPS) is 18.5. The highest BCUT2D eigenvalue weighted by atomic mass is 15.3. The fourth-order valence-corrected chi connectivity index (χ4v) is 3.42. The van der Waals surface area contributed by atoms with E-state index in [1.54, 1.807) is 0 Å². The standard InChI is InChI=1S/C18H24N4/c1-3-15-7-10-22(20-15)11-14-5-6-17(19-16(14)4-2)21-12-18(13-21)8-9-18/h5-7,10H,3-4,8-9,11-13H2,1-2H3. The molecule has 22 heavy (non-hydrogen) atoms. The first-order chi connectivity index (χ1) is 10.7. The fraction of sp³-hybridized carbons (Fsp3) is 0.556. The number of hydrogen-bond acceptors (Lipinski definition) is 3. The SMILES string of the molecule is CCc1ccn(Cc2ccc(N3CC4(CC4)C3)nc2CC)n1. The monoisotopic (exact) mass is 296 g/mol. The third-order valence-electron chi connectivity index (χ3n) is 5.11. The van der Waals surface area contributed by atoms with E-state index in [1.165, 1.54) is 37.2 Å². The Morgan fingerprint density at radius 2 is 1.91 bits per heavy atom. The second-order valence-electron chi connectivity index (χ2n) is 6.84. The Kier molecular flexibility index (Phi) is 3.21. The van der Waals surface area contributed by atoms with Crippen LogP contribution in [0.4, 0.5) is 5.82 Å². The van der Waals surface area contributed by atoms with E-state index in [1.807, 2.05) is 4.68 Å². The Bertz CT molecular complexity index is 676. The highest BCUT2D eigenvalue weighted by molar-refractivity contribution is 5.47. The number of hydrogen-bond donors (Lipinski definition) is 0. The van der Waals surface area contributed by atoms with Gasteiger partial charge in [0.2, 0.25) is 0 Å². The van der Waals surface area contributed by atoms with Gasteiger partial charge in [0.15, 0.2) is 0 Å². The van der Waals surface area contributed by atoms with Gasteiger partial charge in [-0.2, -0.15) is 5.10 Å². The van der Waals surface area contributed by atoms with E-state index in [4.69, 9.17) is 4.98 Å². The van der Waals surface area contributed by atoms with Crippen LogP contribution in [0.3, 0.4) is 0 Å². The average molecular weight is 296 g/mol. The lowest BCUT2D eigenvalue weighted by Gasteiger charge is -2.41. The van der Waals surface area contributed by atoms with Crippen molar-refractivity contribution in [2.24, 2.45) is 5.41 Å². The minimum absolute atomic E-state index is 0.679. The lowest BCUT2D eigenvalue weighted by atomic mass is 9.97. The second-order valence-corrected chi connectivity index (χ2v) is 6.84. The van der Waals surface area contributed by atoms with Gasteiger partial charge >= 0.3 is 0 Å². The van der Waals surface area contributed by atoms with Crippen LogP contribution in [0.15, 0.2) is 24.4 Å². The number of pyridine rings is 1. The largest absolute Gasteiger partial charge is 0.355 e. The number of nitrogens with zero attached hydrogens (tertiary/aromatic N) is 4. The number of anilines is 1. The molecule has 4 nitrogen and oxygen atoms in total. The Morgan fingerprint density at radius 3 is 2.55 bits per heavy atom. The summed E-state index contributed by atoms with van der Waals surface area (Å²) < 4.78 is 2.03. The second kappa shape index (κ2) is 5.11. The summed E-state index contributed by atoms with van der Waals surface area (Å²) in [4.78, 5) is 7.34. The molecule has 2 aromatic rings. The van der Waals surface area contributed by atoms with Crippen molar-refractivity contribution in [2.75, 3.05) is 18.0 Å². The van der Waals surface area contributed by atoms with Crippen molar-refractivity contribution in [1.82, 2.24) is 14.8 Å². The molecule has 2 fully saturated rings. The third kappa shape index (κ3) is 2.40. The predicted molar refractivity (Wildman–Crippen MR) is 88.2 cm³/mol. The van der Waals surface area contributed by atoms with E-state index in [2.05, 4.69) is 48.2 Å². The lowest BCUT2D eigenvalue weighted by Crippen LogP contribution is -2.48. The molecule has 1 aliphatic heterocycles. The molecule has 0 unspecified atom stereocenters. The third-order valence-corrected chi connectivity index (χ3v) is 5.11. The Morgan fingerprint density at radius 1 is 1.09 bits per heavy atom. The van der Waals surface area contributed by atoms with E-state index in [0.29, 0.717) is 5.41 Å². The molecule has 4 heteroatoms. The molecule has 0 aromatic carbocycles. The van der Waals surface area contributed by atoms with Crippen LogP contribution in [0.1, 0.15) is 43.6 Å². The van der Waals surface area contributed by atoms with Gasteiger partial charge in [0, 0.05) is 30.4 Å². The van der Waals surface area contributed by atoms with E-state index < -0.39 is 0 Å². The summed E-state index contributed by atoms with van der Waals surface area (Å²) in [7, 11) is 0. The van der Waals surface area contributed by atoms with Crippen LogP contribution < -0.4 is 4.90 Å². The molecule has 2 aromatic heterocycles. The average Bonchev–Trinajstić information content (AvgIpc) is 3.19. The molecule has 0 amide bonds. The molecule has 116 valence electrons. The van der Waals surface area contributed by atoms with E-state index >= 15 is 0 Å². The zero-order chi connectivity index (χ0) is 15.2. The van der Waals surface area contributed by atoms with Crippen LogP contribution in [0.2, 0.25) is 0 Å². The summed E-state index contributed by atoms with van der Waals surface area (Å²) in [5.41, 5.74) is 4.33. The summed E-state index contributed by atoms with van der Waals surface area (Å²) in [6, 6.07) is 6.53. The minimum Gasteiger partial charge on any atom is -0.355 e. The molecule has 4 rings (SSSR count). The smallest absolute Gasteiger partial charge is 0.128 e. The molecular formula is C18H24N4. The van der Waals surface area contributed by atoms with E-state index in [9.17, 15) is 0 Å². The molecular weight excluding hydrogens is 272 g/mol. The van der Waals surface area contributed by atoms with Gasteiger partial charge in [0.25, 0.3) is 0 Å². The van der Waals surface area contributed by atoms with Crippen LogP contribution in [0.5, 0.6) is 0 Å². The van der Waals surface area contributed by atoms with Crippen molar-refractivity contribution in [3.05, 3.63) is 41.3 Å². The maximum atomic E-state index is 4.91. The number of aromatic nitrogens is 3. The van der Waals surface area contributed by atoms with Crippen molar-refractivity contribution in [3.8, 4) is 0 Å². The number of rotatable bonds is 5. The highest BCUT2D eigenvalue weighted by Crippen LogP contribution is 2.53. The van der Waals surface area contributed by atoms with Gasteiger partial charge in [-0.1, -0.05) is 19.9 Å². The van der Waals surface area contributed by atoms with Crippen LogP contribution in [-0.2, 0) is 19.4 Å². The van der Waals surface area contributed by atoms with Gasteiger partial charge in [-0.15, -0.1) is 0 Å². The molecule has 0 N–H and O–H groups in total. The van der Waals surface area contributed by atoms with Crippen molar-refractivity contribution in [3.63, 3.8) is 0 Å². The van der Waals surface area contributed by atoms with Gasteiger partial charge in [0.1, 0.15) is 5.82 Å². The van der Waals surface area contributed by atoms with Crippen molar-refractivity contribution in [2.45, 2.75) is 46.1 Å². The van der Waals surface area contributed by atoms with Crippen LogP contribution in [0, 0.1) is 5.41 Å². The lowest BCUT2D eigenvalue weighted by molar-refractivity contribution is 0.384. The maximum absolute atomic E-state index is 4.91.